The fourth-order valence-electron chi connectivity index (χ4n) is 1.57. The Balaban J connectivity index is 2.28. The van der Waals surface area contributed by atoms with Crippen LogP contribution in [0.25, 0.3) is 0 Å². The van der Waals surface area contributed by atoms with Crippen LogP contribution in [-0.4, -0.2) is 18.5 Å². The first-order valence-corrected chi connectivity index (χ1v) is 5.93. The van der Waals surface area contributed by atoms with Crippen molar-refractivity contribution in [2.45, 2.75) is 25.8 Å². The summed E-state index contributed by atoms with van der Waals surface area (Å²) in [6.07, 6.45) is 5.05. The third-order valence-corrected chi connectivity index (χ3v) is 2.50. The smallest absolute Gasteiger partial charge is 0.243 e. The normalized spacial score (nSPS) is 12.6. The largest absolute Gasteiger partial charge is 0.350 e. The molecule has 0 bridgehead atoms. The average Bonchev–Trinajstić information content (AvgIpc) is 2.35. The van der Waals surface area contributed by atoms with E-state index in [-0.39, 0.29) is 11.9 Å². The monoisotopic (exact) mass is 232 g/mol. The van der Waals surface area contributed by atoms with E-state index < -0.39 is 0 Å². The summed E-state index contributed by atoms with van der Waals surface area (Å²) >= 11 is 0. The van der Waals surface area contributed by atoms with Gasteiger partial charge in [0.05, 0.1) is 0 Å². The third-order valence-electron chi connectivity index (χ3n) is 2.50. The van der Waals surface area contributed by atoms with Crippen LogP contribution < -0.4 is 11.1 Å². The minimum Gasteiger partial charge on any atom is -0.350 e. The molecule has 1 amide bonds. The molecule has 0 aliphatic carbocycles. The molecule has 0 aromatic heterocycles. The van der Waals surface area contributed by atoms with E-state index in [9.17, 15) is 4.79 Å². The van der Waals surface area contributed by atoms with Crippen LogP contribution in [0.2, 0.25) is 0 Å². The van der Waals surface area contributed by atoms with Crippen LogP contribution in [0.5, 0.6) is 0 Å². The number of benzene rings is 1. The molecule has 0 radical (unpaired) electrons. The van der Waals surface area contributed by atoms with Crippen LogP contribution in [0.1, 0.15) is 18.9 Å². The van der Waals surface area contributed by atoms with Gasteiger partial charge in [0.2, 0.25) is 5.91 Å². The second-order valence-electron chi connectivity index (χ2n) is 4.07. The lowest BCUT2D eigenvalue weighted by atomic mass is 10.1. The Hall–Kier alpha value is -1.61. The summed E-state index contributed by atoms with van der Waals surface area (Å²) in [5.74, 6) is -0.0731. The van der Waals surface area contributed by atoms with Crippen molar-refractivity contribution in [1.29, 1.82) is 0 Å². The standard InChI is InChI=1S/C14H20N2O/c1-12(16-14(17)8-5-11-15)9-10-13-6-3-2-4-7-13/h2-8,12H,9-11,15H2,1H3,(H,16,17)/b8-5+. The highest BCUT2D eigenvalue weighted by molar-refractivity contribution is 5.87. The van der Waals surface area contributed by atoms with Gasteiger partial charge in [-0.15, -0.1) is 0 Å². The van der Waals surface area contributed by atoms with E-state index in [1.807, 2.05) is 25.1 Å². The minimum absolute atomic E-state index is 0.0731. The van der Waals surface area contributed by atoms with Crippen LogP contribution in [0.4, 0.5) is 0 Å². The molecule has 1 rings (SSSR count). The maximum Gasteiger partial charge on any atom is 0.243 e. The van der Waals surface area contributed by atoms with Gasteiger partial charge in [0.25, 0.3) is 0 Å². The Labute approximate surface area is 103 Å². The molecule has 0 saturated carbocycles. The molecule has 17 heavy (non-hydrogen) atoms. The quantitative estimate of drug-likeness (QED) is 0.733. The van der Waals surface area contributed by atoms with Gasteiger partial charge in [-0.1, -0.05) is 36.4 Å². The number of aryl methyl sites for hydroxylation is 1. The maximum absolute atomic E-state index is 11.4. The summed E-state index contributed by atoms with van der Waals surface area (Å²) in [6, 6.07) is 10.4. The van der Waals surface area contributed by atoms with E-state index in [0.717, 1.165) is 12.8 Å². The number of nitrogens with one attached hydrogen (secondary N) is 1. The lowest BCUT2D eigenvalue weighted by Gasteiger charge is -2.12. The van der Waals surface area contributed by atoms with Gasteiger partial charge in [-0.3, -0.25) is 4.79 Å². The minimum atomic E-state index is -0.0731. The predicted octanol–water partition coefficient (Wildman–Crippen LogP) is 1.64. The van der Waals surface area contributed by atoms with Crippen molar-refractivity contribution in [2.24, 2.45) is 5.73 Å². The summed E-state index contributed by atoms with van der Waals surface area (Å²) in [5, 5.41) is 2.90. The van der Waals surface area contributed by atoms with Gasteiger partial charge in [-0.25, -0.2) is 0 Å². The molecule has 0 aliphatic heterocycles. The number of carbonyl (C=O) groups excluding carboxylic acids is 1. The number of hydrogen-bond donors (Lipinski definition) is 2. The molecule has 3 heteroatoms. The molecular weight excluding hydrogens is 212 g/mol. The van der Waals surface area contributed by atoms with Gasteiger partial charge in [0.1, 0.15) is 0 Å². The summed E-state index contributed by atoms with van der Waals surface area (Å²) in [6.45, 7) is 2.41. The first-order chi connectivity index (χ1) is 8.22. The third kappa shape index (κ3) is 5.88. The molecule has 1 aromatic carbocycles. The Bertz CT molecular complexity index is 360. The van der Waals surface area contributed by atoms with Crippen LogP contribution in [-0.2, 0) is 11.2 Å². The molecule has 0 heterocycles. The summed E-state index contributed by atoms with van der Waals surface area (Å²) in [4.78, 5) is 11.4. The second kappa shape index (κ2) is 7.63. The van der Waals surface area contributed by atoms with Crippen molar-refractivity contribution < 1.29 is 4.79 Å². The van der Waals surface area contributed by atoms with Crippen molar-refractivity contribution in [3.8, 4) is 0 Å². The molecule has 3 N–H and O–H groups in total. The van der Waals surface area contributed by atoms with E-state index >= 15 is 0 Å². The van der Waals surface area contributed by atoms with Gasteiger partial charge >= 0.3 is 0 Å². The number of amides is 1. The van der Waals surface area contributed by atoms with E-state index in [1.165, 1.54) is 11.6 Å². The van der Waals surface area contributed by atoms with Gasteiger partial charge in [-0.05, 0) is 25.3 Å². The molecule has 1 atom stereocenters. The van der Waals surface area contributed by atoms with Crippen molar-refractivity contribution in [2.75, 3.05) is 6.54 Å². The van der Waals surface area contributed by atoms with Crippen molar-refractivity contribution in [1.82, 2.24) is 5.32 Å². The molecule has 0 aliphatic rings. The Morgan fingerprint density at radius 1 is 1.41 bits per heavy atom. The summed E-state index contributed by atoms with van der Waals surface area (Å²) in [5.41, 5.74) is 6.57. The van der Waals surface area contributed by atoms with Crippen LogP contribution in [0, 0.1) is 0 Å². The predicted molar refractivity (Wildman–Crippen MR) is 70.6 cm³/mol. The molecule has 1 unspecified atom stereocenters. The van der Waals surface area contributed by atoms with E-state index in [2.05, 4.69) is 17.4 Å². The van der Waals surface area contributed by atoms with Crippen LogP contribution in [0.3, 0.4) is 0 Å². The lowest BCUT2D eigenvalue weighted by molar-refractivity contribution is -0.117. The molecule has 92 valence electrons. The highest BCUT2D eigenvalue weighted by Crippen LogP contribution is 2.04. The summed E-state index contributed by atoms with van der Waals surface area (Å²) in [7, 11) is 0. The zero-order valence-electron chi connectivity index (χ0n) is 10.2. The average molecular weight is 232 g/mol. The molecule has 0 saturated heterocycles. The SMILES string of the molecule is CC(CCc1ccccc1)NC(=O)/C=C/CN. The fourth-order valence-corrected chi connectivity index (χ4v) is 1.57. The molecular formula is C14H20N2O. The van der Waals surface area contributed by atoms with Gasteiger partial charge < -0.3 is 11.1 Å². The second-order valence-corrected chi connectivity index (χ2v) is 4.07. The van der Waals surface area contributed by atoms with E-state index in [0.29, 0.717) is 6.54 Å². The van der Waals surface area contributed by atoms with Crippen molar-refractivity contribution in [3.05, 3.63) is 48.0 Å². The maximum atomic E-state index is 11.4. The topological polar surface area (TPSA) is 55.1 Å². The van der Waals surface area contributed by atoms with Gasteiger partial charge in [0, 0.05) is 18.7 Å². The fraction of sp³-hybridized carbons (Fsp3) is 0.357. The first kappa shape index (κ1) is 13.5. The number of rotatable bonds is 6. The first-order valence-electron chi connectivity index (χ1n) is 5.93. The number of carbonyl (C=O) groups is 1. The highest BCUT2D eigenvalue weighted by atomic mass is 16.1. The Morgan fingerprint density at radius 2 is 2.12 bits per heavy atom. The number of hydrogen-bond acceptors (Lipinski definition) is 2. The van der Waals surface area contributed by atoms with Crippen LogP contribution >= 0.6 is 0 Å². The highest BCUT2D eigenvalue weighted by Gasteiger charge is 2.04. The van der Waals surface area contributed by atoms with Gasteiger partial charge in [-0.2, -0.15) is 0 Å². The zero-order valence-corrected chi connectivity index (χ0v) is 10.2. The Morgan fingerprint density at radius 3 is 2.76 bits per heavy atom. The van der Waals surface area contributed by atoms with E-state index in [1.54, 1.807) is 6.08 Å². The zero-order chi connectivity index (χ0) is 12.5. The van der Waals surface area contributed by atoms with Crippen molar-refractivity contribution in [3.63, 3.8) is 0 Å². The lowest BCUT2D eigenvalue weighted by Crippen LogP contribution is -2.31. The molecule has 1 aromatic rings. The van der Waals surface area contributed by atoms with Gasteiger partial charge in [0.15, 0.2) is 0 Å². The van der Waals surface area contributed by atoms with E-state index in [4.69, 9.17) is 5.73 Å². The Kier molecular flexibility index (Phi) is 6.04. The molecule has 3 nitrogen and oxygen atoms in total. The molecule has 0 spiro atoms. The number of nitrogens with two attached hydrogens (primary N) is 1. The molecule has 0 fully saturated rings. The van der Waals surface area contributed by atoms with Crippen molar-refractivity contribution >= 4 is 5.91 Å². The van der Waals surface area contributed by atoms with Crippen LogP contribution in [0.15, 0.2) is 42.5 Å². The summed E-state index contributed by atoms with van der Waals surface area (Å²) < 4.78 is 0.